The van der Waals surface area contributed by atoms with Crippen LogP contribution in [0.4, 0.5) is 35.2 Å². The zero-order valence-electron chi connectivity index (χ0n) is 20.2. The number of nitrogens with zero attached hydrogens (tertiary/aromatic N) is 6. The topological polar surface area (TPSA) is 154 Å². The lowest BCUT2D eigenvalue weighted by molar-refractivity contribution is -0.755. The number of amides is 3. The number of aromatic nitrogens is 5. The van der Waals surface area contributed by atoms with Crippen LogP contribution in [0.1, 0.15) is 27.3 Å². The molecule has 0 bridgehead atoms. The lowest BCUT2D eigenvalue weighted by Crippen LogP contribution is -2.35. The van der Waals surface area contributed by atoms with Gasteiger partial charge in [-0.1, -0.05) is 6.07 Å². The lowest BCUT2D eigenvalue weighted by atomic mass is 10.1. The van der Waals surface area contributed by atoms with Crippen LogP contribution in [0.3, 0.4) is 0 Å². The van der Waals surface area contributed by atoms with Crippen molar-refractivity contribution in [2.45, 2.75) is 12.7 Å². The summed E-state index contributed by atoms with van der Waals surface area (Å²) in [4.78, 5) is 33.5. The molecular weight excluding hydrogens is 531 g/mol. The number of pyridine rings is 2. The third-order valence-electron chi connectivity index (χ3n) is 5.39. The molecular formula is C25H17F3N9O3+. The van der Waals surface area contributed by atoms with Gasteiger partial charge in [0.15, 0.2) is 0 Å². The number of fused-ring (bicyclic) bond motifs is 1. The van der Waals surface area contributed by atoms with E-state index >= 15 is 0 Å². The maximum Gasteiger partial charge on any atom is 0.416 e. The van der Waals surface area contributed by atoms with E-state index in [1.807, 2.05) is 6.07 Å². The molecule has 0 unspecified atom stereocenters. The Morgan fingerprint density at radius 2 is 1.85 bits per heavy atom. The minimum Gasteiger partial charge on any atom is -0.321 e. The summed E-state index contributed by atoms with van der Waals surface area (Å²) >= 11 is 0. The van der Waals surface area contributed by atoms with Crippen molar-refractivity contribution in [1.29, 1.82) is 5.26 Å². The van der Waals surface area contributed by atoms with Crippen molar-refractivity contribution in [2.24, 2.45) is 0 Å². The highest BCUT2D eigenvalue weighted by molar-refractivity contribution is 6.04. The van der Waals surface area contributed by atoms with Gasteiger partial charge in [0.2, 0.25) is 11.8 Å². The fourth-order valence-corrected chi connectivity index (χ4v) is 3.64. The normalized spacial score (nSPS) is 11.2. The van der Waals surface area contributed by atoms with E-state index in [0.29, 0.717) is 23.0 Å². The summed E-state index contributed by atoms with van der Waals surface area (Å²) in [5.74, 6) is -0.864. The molecule has 0 atom stereocenters. The zero-order valence-corrected chi connectivity index (χ0v) is 20.2. The molecule has 12 nitrogen and oxygen atoms in total. The molecule has 1 aromatic carbocycles. The predicted molar refractivity (Wildman–Crippen MR) is 132 cm³/mol. The number of urea groups is 1. The van der Waals surface area contributed by atoms with E-state index in [2.05, 4.69) is 31.2 Å². The van der Waals surface area contributed by atoms with Gasteiger partial charge in [-0.05, 0) is 47.1 Å². The number of rotatable bonds is 6. The maximum absolute atomic E-state index is 13.6. The van der Waals surface area contributed by atoms with Gasteiger partial charge < -0.3 is 15.0 Å². The van der Waals surface area contributed by atoms with Crippen molar-refractivity contribution in [3.63, 3.8) is 0 Å². The van der Waals surface area contributed by atoms with E-state index in [1.165, 1.54) is 39.8 Å². The van der Waals surface area contributed by atoms with Crippen molar-refractivity contribution >= 4 is 34.8 Å². The summed E-state index contributed by atoms with van der Waals surface area (Å²) in [6.07, 6.45) is 1.01. The molecule has 0 fully saturated rings. The molecule has 15 heteroatoms. The van der Waals surface area contributed by atoms with Crippen molar-refractivity contribution < 1.29 is 32.0 Å². The zero-order chi connectivity index (χ0) is 28.3. The van der Waals surface area contributed by atoms with Crippen molar-refractivity contribution in [3.8, 4) is 6.07 Å². The SMILES string of the molecule is N#Cc1ccc2nc(C(=O)Nc3cc(NC(=O)Nc4c[n+](Cc5ccccn5)no4)cc(C(F)(F)F)c3)cn2c1. The Hall–Kier alpha value is -5.78. The maximum atomic E-state index is 13.6. The second kappa shape index (κ2) is 10.5. The van der Waals surface area contributed by atoms with Crippen LogP contribution >= 0.6 is 0 Å². The second-order valence-electron chi connectivity index (χ2n) is 8.34. The quantitative estimate of drug-likeness (QED) is 0.273. The first kappa shape index (κ1) is 25.9. The second-order valence-corrected chi connectivity index (χ2v) is 8.34. The molecule has 3 N–H and O–H groups in total. The van der Waals surface area contributed by atoms with Gasteiger partial charge in [0.1, 0.15) is 23.1 Å². The van der Waals surface area contributed by atoms with Gasteiger partial charge in [0.05, 0.1) is 11.1 Å². The number of alkyl halides is 3. The van der Waals surface area contributed by atoms with Gasteiger partial charge in [-0.2, -0.15) is 18.4 Å². The minimum absolute atomic E-state index is 0.0691. The number of benzene rings is 1. The van der Waals surface area contributed by atoms with Crippen molar-refractivity contribution in [2.75, 3.05) is 16.0 Å². The molecule has 0 radical (unpaired) electrons. The monoisotopic (exact) mass is 548 g/mol. The molecule has 4 aromatic heterocycles. The van der Waals surface area contributed by atoms with Crippen LogP contribution in [0.15, 0.2) is 77.8 Å². The van der Waals surface area contributed by atoms with E-state index in [0.717, 1.165) is 12.1 Å². The first-order valence-electron chi connectivity index (χ1n) is 11.4. The largest absolute Gasteiger partial charge is 0.416 e. The van der Waals surface area contributed by atoms with Crippen LogP contribution < -0.4 is 20.6 Å². The van der Waals surface area contributed by atoms with Crippen LogP contribution in [0.2, 0.25) is 0 Å². The van der Waals surface area contributed by atoms with Crippen molar-refractivity contribution in [3.05, 3.63) is 95.8 Å². The van der Waals surface area contributed by atoms with E-state index in [1.54, 1.807) is 24.4 Å². The fraction of sp³-hybridized carbons (Fsp3) is 0.0800. The van der Waals surface area contributed by atoms with E-state index in [9.17, 15) is 22.8 Å². The summed E-state index contributed by atoms with van der Waals surface area (Å²) < 4.78 is 48.6. The Kier molecular flexibility index (Phi) is 6.81. The van der Waals surface area contributed by atoms with E-state index in [-0.39, 0.29) is 29.5 Å². The molecule has 0 saturated heterocycles. The molecule has 40 heavy (non-hydrogen) atoms. The number of nitrogens with one attached hydrogen (secondary N) is 3. The molecule has 0 aliphatic rings. The van der Waals surface area contributed by atoms with Crippen LogP contribution in [-0.2, 0) is 12.7 Å². The number of carbonyl (C=O) groups is 2. The van der Waals surface area contributed by atoms with E-state index < -0.39 is 23.7 Å². The number of anilines is 3. The molecule has 4 heterocycles. The number of carbonyl (C=O) groups excluding carboxylic acids is 2. The first-order valence-corrected chi connectivity index (χ1v) is 11.4. The smallest absolute Gasteiger partial charge is 0.321 e. The van der Waals surface area contributed by atoms with Gasteiger partial charge >= 0.3 is 18.1 Å². The summed E-state index contributed by atoms with van der Waals surface area (Å²) in [5, 5.41) is 19.8. The highest BCUT2D eigenvalue weighted by atomic mass is 19.4. The average Bonchev–Trinajstić information content (AvgIpc) is 3.54. The summed E-state index contributed by atoms with van der Waals surface area (Å²) in [5.41, 5.74) is -0.315. The molecule has 200 valence electrons. The Morgan fingerprint density at radius 1 is 1.05 bits per heavy atom. The van der Waals surface area contributed by atoms with Gasteiger partial charge in [0, 0.05) is 30.0 Å². The van der Waals surface area contributed by atoms with E-state index in [4.69, 9.17) is 9.78 Å². The number of halogens is 3. The van der Waals surface area contributed by atoms with Gasteiger partial charge in [-0.3, -0.25) is 19.6 Å². The third kappa shape index (κ3) is 6.02. The minimum atomic E-state index is -4.77. The van der Waals surface area contributed by atoms with Crippen LogP contribution in [-0.4, -0.2) is 31.6 Å². The summed E-state index contributed by atoms with van der Waals surface area (Å²) in [6, 6.07) is 12.0. The summed E-state index contributed by atoms with van der Waals surface area (Å²) in [7, 11) is 0. The van der Waals surface area contributed by atoms with Crippen LogP contribution in [0.25, 0.3) is 5.65 Å². The number of hydrogen-bond donors (Lipinski definition) is 3. The standard InChI is InChI=1S/C25H16F3N9O3/c26-25(27,28)16-7-18(31-23(38)20-13-36-11-15(10-29)4-5-21(36)33-20)9-19(8-16)32-24(39)34-22-14-37(35-40-22)12-17-3-1-2-6-30-17/h1-9,11,13-14H,12H2,(H2-,31,32,34,35,38,39)/p+1. The highest BCUT2D eigenvalue weighted by Gasteiger charge is 2.32. The number of nitriles is 1. The van der Waals surface area contributed by atoms with Crippen molar-refractivity contribution in [1.82, 2.24) is 19.6 Å². The average molecular weight is 548 g/mol. The third-order valence-corrected chi connectivity index (χ3v) is 5.39. The molecule has 5 aromatic rings. The number of imidazole rings is 1. The molecule has 0 aliphatic carbocycles. The van der Waals surface area contributed by atoms with Crippen LogP contribution in [0.5, 0.6) is 0 Å². The number of hydrogen-bond acceptors (Lipinski definition) is 7. The Bertz CT molecular complexity index is 1760. The van der Waals surface area contributed by atoms with Gasteiger partial charge in [-0.25, -0.2) is 9.78 Å². The molecule has 0 saturated carbocycles. The van der Waals surface area contributed by atoms with Crippen LogP contribution in [0, 0.1) is 11.3 Å². The Morgan fingerprint density at radius 3 is 2.58 bits per heavy atom. The fourth-order valence-electron chi connectivity index (χ4n) is 3.64. The molecule has 0 aliphatic heterocycles. The lowest BCUT2D eigenvalue weighted by Gasteiger charge is -2.13. The Balaban J connectivity index is 1.30. The molecule has 0 spiro atoms. The highest BCUT2D eigenvalue weighted by Crippen LogP contribution is 2.33. The summed E-state index contributed by atoms with van der Waals surface area (Å²) in [6.45, 7) is 0.260. The molecule has 5 rings (SSSR count). The Labute approximate surface area is 222 Å². The molecule has 3 amide bonds. The first-order chi connectivity index (χ1) is 19.2. The predicted octanol–water partition coefficient (Wildman–Crippen LogP) is 3.84. The van der Waals surface area contributed by atoms with Gasteiger partial charge in [0.25, 0.3) is 12.1 Å². The van der Waals surface area contributed by atoms with Gasteiger partial charge in [-0.15, -0.1) is 0 Å².